The van der Waals surface area contributed by atoms with Gasteiger partial charge in [-0.2, -0.15) is 0 Å². The maximum absolute atomic E-state index is 13.0. The largest absolute Gasteiger partial charge is 0.383 e. The number of rotatable bonds is 7. The number of aromatic nitrogens is 2. The molecule has 0 aliphatic carbocycles. The molecule has 0 radical (unpaired) electrons. The van der Waals surface area contributed by atoms with E-state index in [1.54, 1.807) is 6.92 Å². The maximum atomic E-state index is 13.0. The molecular formula is C23H27N5O3. The zero-order valence-corrected chi connectivity index (χ0v) is 17.9. The van der Waals surface area contributed by atoms with E-state index >= 15 is 0 Å². The van der Waals surface area contributed by atoms with Crippen molar-refractivity contribution in [3.63, 3.8) is 0 Å². The number of anilines is 3. The lowest BCUT2D eigenvalue weighted by Gasteiger charge is -2.24. The van der Waals surface area contributed by atoms with Gasteiger partial charge >= 0.3 is 5.69 Å². The highest BCUT2D eigenvalue weighted by Crippen LogP contribution is 2.20. The molecule has 0 aliphatic heterocycles. The van der Waals surface area contributed by atoms with Crippen molar-refractivity contribution in [1.82, 2.24) is 9.55 Å². The van der Waals surface area contributed by atoms with E-state index in [0.29, 0.717) is 0 Å². The standard InChI is InChI=1S/C23H27N5O3/c1-4-27(19(29)13-25-18-12-8-9-15(2)16(18)3)20-21(24)28(23(31)26-22(20)30)14-17-10-6-5-7-11-17/h5-12,25H,4,13-14,24H2,1-3H3,(H,26,30,31). The zero-order valence-electron chi connectivity index (χ0n) is 17.9. The molecule has 1 aromatic heterocycles. The van der Waals surface area contributed by atoms with Gasteiger partial charge in [0.05, 0.1) is 13.1 Å². The van der Waals surface area contributed by atoms with Crippen LogP contribution in [0.1, 0.15) is 23.6 Å². The lowest BCUT2D eigenvalue weighted by Crippen LogP contribution is -2.43. The third-order valence-corrected chi connectivity index (χ3v) is 5.32. The Morgan fingerprint density at radius 1 is 1.10 bits per heavy atom. The smallest absolute Gasteiger partial charge is 0.330 e. The number of nitrogen functional groups attached to an aromatic ring is 1. The molecule has 0 unspecified atom stereocenters. The summed E-state index contributed by atoms with van der Waals surface area (Å²) in [6, 6.07) is 15.1. The van der Waals surface area contributed by atoms with Crippen LogP contribution in [0.3, 0.4) is 0 Å². The lowest BCUT2D eigenvalue weighted by molar-refractivity contribution is -0.116. The quantitative estimate of drug-likeness (QED) is 0.542. The minimum atomic E-state index is -0.686. The van der Waals surface area contributed by atoms with Gasteiger partial charge in [-0.05, 0) is 43.5 Å². The fraction of sp³-hybridized carbons (Fsp3) is 0.261. The molecule has 0 fully saturated rings. The van der Waals surface area contributed by atoms with Crippen LogP contribution in [-0.2, 0) is 11.3 Å². The average molecular weight is 422 g/mol. The molecular weight excluding hydrogens is 394 g/mol. The number of hydrogen-bond acceptors (Lipinski definition) is 5. The van der Waals surface area contributed by atoms with Gasteiger partial charge in [-0.25, -0.2) is 4.79 Å². The highest BCUT2D eigenvalue weighted by Gasteiger charge is 2.23. The van der Waals surface area contributed by atoms with Gasteiger partial charge in [-0.1, -0.05) is 42.5 Å². The van der Waals surface area contributed by atoms with Crippen molar-refractivity contribution in [2.75, 3.05) is 29.0 Å². The number of carbonyl (C=O) groups is 1. The minimum absolute atomic E-state index is 0.0190. The number of likely N-dealkylation sites (N-methyl/N-ethyl adjacent to an activating group) is 1. The van der Waals surface area contributed by atoms with Gasteiger partial charge in [0.25, 0.3) is 5.56 Å². The highest BCUT2D eigenvalue weighted by atomic mass is 16.2. The second-order valence-corrected chi connectivity index (χ2v) is 7.30. The number of H-pyrrole nitrogens is 1. The Morgan fingerprint density at radius 3 is 2.48 bits per heavy atom. The zero-order chi connectivity index (χ0) is 22.5. The number of aromatic amines is 1. The van der Waals surface area contributed by atoms with E-state index < -0.39 is 11.2 Å². The number of hydrogen-bond donors (Lipinski definition) is 3. The Labute approximate surface area is 180 Å². The summed E-state index contributed by atoms with van der Waals surface area (Å²) in [5, 5.41) is 3.13. The van der Waals surface area contributed by atoms with Crippen LogP contribution in [0, 0.1) is 13.8 Å². The Bertz CT molecular complexity index is 1200. The van der Waals surface area contributed by atoms with Crippen LogP contribution in [0.4, 0.5) is 17.2 Å². The maximum Gasteiger partial charge on any atom is 0.330 e. The summed E-state index contributed by atoms with van der Waals surface area (Å²) in [6.07, 6.45) is 0. The van der Waals surface area contributed by atoms with Crippen molar-refractivity contribution >= 4 is 23.1 Å². The Kier molecular flexibility index (Phi) is 6.59. The highest BCUT2D eigenvalue weighted by molar-refractivity contribution is 5.98. The van der Waals surface area contributed by atoms with Gasteiger partial charge in [0, 0.05) is 12.2 Å². The average Bonchev–Trinajstić information content (AvgIpc) is 2.75. The topological polar surface area (TPSA) is 113 Å². The molecule has 0 saturated carbocycles. The molecule has 8 heteroatoms. The SMILES string of the molecule is CCN(C(=O)CNc1cccc(C)c1C)c1c(N)n(Cc2ccccc2)c(=O)[nH]c1=O. The summed E-state index contributed by atoms with van der Waals surface area (Å²) in [7, 11) is 0. The Balaban J connectivity index is 1.90. The summed E-state index contributed by atoms with van der Waals surface area (Å²) < 4.78 is 1.26. The van der Waals surface area contributed by atoms with Crippen molar-refractivity contribution in [1.29, 1.82) is 0 Å². The molecule has 1 amide bonds. The first-order valence-corrected chi connectivity index (χ1v) is 10.1. The van der Waals surface area contributed by atoms with E-state index in [2.05, 4.69) is 10.3 Å². The molecule has 162 valence electrons. The van der Waals surface area contributed by atoms with E-state index in [1.165, 1.54) is 9.47 Å². The Morgan fingerprint density at radius 2 is 1.81 bits per heavy atom. The molecule has 1 heterocycles. The molecule has 0 atom stereocenters. The third kappa shape index (κ3) is 4.69. The van der Waals surface area contributed by atoms with Crippen LogP contribution in [0.15, 0.2) is 58.1 Å². The van der Waals surface area contributed by atoms with E-state index in [4.69, 9.17) is 5.73 Å². The Hall–Kier alpha value is -3.81. The van der Waals surface area contributed by atoms with Gasteiger partial charge in [0.15, 0.2) is 5.69 Å². The predicted octanol–water partition coefficient (Wildman–Crippen LogP) is 2.25. The van der Waals surface area contributed by atoms with E-state index in [1.807, 2.05) is 62.4 Å². The molecule has 3 aromatic rings. The number of nitrogens with two attached hydrogens (primary N) is 1. The number of benzene rings is 2. The summed E-state index contributed by atoms with van der Waals surface area (Å²) in [5.41, 5.74) is 8.75. The molecule has 8 nitrogen and oxygen atoms in total. The van der Waals surface area contributed by atoms with Crippen molar-refractivity contribution in [2.24, 2.45) is 0 Å². The van der Waals surface area contributed by atoms with Gasteiger partial charge in [0.2, 0.25) is 5.91 Å². The number of nitrogens with one attached hydrogen (secondary N) is 2. The number of nitrogens with zero attached hydrogens (tertiary/aromatic N) is 2. The first-order chi connectivity index (χ1) is 14.8. The summed E-state index contributed by atoms with van der Waals surface area (Å²) in [4.78, 5) is 41.5. The molecule has 0 aliphatic rings. The van der Waals surface area contributed by atoms with Crippen molar-refractivity contribution in [3.8, 4) is 0 Å². The van der Waals surface area contributed by atoms with Crippen LogP contribution < -0.4 is 27.2 Å². The van der Waals surface area contributed by atoms with E-state index in [0.717, 1.165) is 22.4 Å². The number of amides is 1. The second-order valence-electron chi connectivity index (χ2n) is 7.30. The van der Waals surface area contributed by atoms with Crippen LogP contribution in [0.25, 0.3) is 0 Å². The van der Waals surface area contributed by atoms with Gasteiger partial charge in [-0.15, -0.1) is 0 Å². The predicted molar refractivity (Wildman–Crippen MR) is 124 cm³/mol. The third-order valence-electron chi connectivity index (χ3n) is 5.32. The normalized spacial score (nSPS) is 10.7. The molecule has 31 heavy (non-hydrogen) atoms. The van der Waals surface area contributed by atoms with Gasteiger partial charge < -0.3 is 16.0 Å². The molecule has 0 bridgehead atoms. The summed E-state index contributed by atoms with van der Waals surface area (Å²) in [5.74, 6) is -0.370. The molecule has 4 N–H and O–H groups in total. The fourth-order valence-electron chi connectivity index (χ4n) is 3.43. The first-order valence-electron chi connectivity index (χ1n) is 10.1. The van der Waals surface area contributed by atoms with Crippen molar-refractivity contribution < 1.29 is 4.79 Å². The van der Waals surface area contributed by atoms with Crippen LogP contribution in [-0.4, -0.2) is 28.5 Å². The van der Waals surface area contributed by atoms with E-state index in [-0.39, 0.29) is 37.0 Å². The number of aryl methyl sites for hydroxylation is 1. The van der Waals surface area contributed by atoms with Crippen LogP contribution in [0.5, 0.6) is 0 Å². The first kappa shape index (κ1) is 21.9. The van der Waals surface area contributed by atoms with Gasteiger partial charge in [-0.3, -0.25) is 19.1 Å². The van der Waals surface area contributed by atoms with E-state index in [9.17, 15) is 14.4 Å². The lowest BCUT2D eigenvalue weighted by atomic mass is 10.1. The fourth-order valence-corrected chi connectivity index (χ4v) is 3.43. The molecule has 0 saturated heterocycles. The monoisotopic (exact) mass is 421 g/mol. The summed E-state index contributed by atoms with van der Waals surface area (Å²) >= 11 is 0. The van der Waals surface area contributed by atoms with Gasteiger partial charge in [0.1, 0.15) is 5.82 Å². The summed E-state index contributed by atoms with van der Waals surface area (Å²) in [6.45, 7) is 6.11. The molecule has 0 spiro atoms. The van der Waals surface area contributed by atoms with Crippen molar-refractivity contribution in [3.05, 3.63) is 86.1 Å². The number of carbonyl (C=O) groups excluding carboxylic acids is 1. The molecule has 3 rings (SSSR count). The van der Waals surface area contributed by atoms with Crippen LogP contribution >= 0.6 is 0 Å². The van der Waals surface area contributed by atoms with Crippen molar-refractivity contribution in [2.45, 2.75) is 27.3 Å². The van der Waals surface area contributed by atoms with Crippen LogP contribution in [0.2, 0.25) is 0 Å². The minimum Gasteiger partial charge on any atom is -0.383 e. The second kappa shape index (κ2) is 9.34. The molecule has 2 aromatic carbocycles.